The van der Waals surface area contributed by atoms with E-state index < -0.39 is 5.51 Å². The molecule has 0 atom stereocenters. The predicted molar refractivity (Wildman–Crippen MR) is 143 cm³/mol. The Labute approximate surface area is 213 Å². The molecular formula is C29H40F3NOS. The van der Waals surface area contributed by atoms with Crippen LogP contribution in [0.3, 0.4) is 0 Å². The van der Waals surface area contributed by atoms with Gasteiger partial charge >= 0.3 is 5.51 Å². The molecule has 2 aromatic carbocycles. The number of nitrogens with zero attached hydrogens (tertiary/aromatic N) is 1. The molecule has 0 spiro atoms. The molecule has 35 heavy (non-hydrogen) atoms. The van der Waals surface area contributed by atoms with Crippen molar-refractivity contribution in [2.75, 3.05) is 6.54 Å². The molecule has 0 saturated carbocycles. The molecule has 0 heterocycles. The van der Waals surface area contributed by atoms with Gasteiger partial charge in [-0.15, -0.1) is 0 Å². The summed E-state index contributed by atoms with van der Waals surface area (Å²) in [7, 11) is 0. The predicted octanol–water partition coefficient (Wildman–Crippen LogP) is 10.00. The van der Waals surface area contributed by atoms with Gasteiger partial charge in [0.15, 0.2) is 0 Å². The average Bonchev–Trinajstić information content (AvgIpc) is 2.83. The number of benzene rings is 2. The Hall–Kier alpha value is -1.95. The van der Waals surface area contributed by atoms with Crippen molar-refractivity contribution in [2.45, 2.75) is 101 Å². The standard InChI is InChI=1S/C29H40F3NOS/c1-2-3-4-5-6-7-8-9-10-11-12-13-22-33-23-25-14-18-27(19-15-25)34-24-26-16-20-28(21-17-26)35-29(30,31)32/h14-21,23H,2-13,22,24H2,1H3. The third-order valence-electron chi connectivity index (χ3n) is 5.82. The van der Waals surface area contributed by atoms with Crippen LogP contribution < -0.4 is 4.74 Å². The number of halogens is 3. The van der Waals surface area contributed by atoms with E-state index in [4.69, 9.17) is 4.74 Å². The molecule has 0 fully saturated rings. The van der Waals surface area contributed by atoms with Crippen LogP contribution in [0.15, 0.2) is 58.4 Å². The molecule has 0 N–H and O–H groups in total. The minimum absolute atomic E-state index is 0.110. The molecule has 194 valence electrons. The first-order valence-corrected chi connectivity index (χ1v) is 13.9. The summed E-state index contributed by atoms with van der Waals surface area (Å²) >= 11 is -0.110. The normalized spacial score (nSPS) is 11.9. The van der Waals surface area contributed by atoms with Crippen molar-refractivity contribution in [3.8, 4) is 5.75 Å². The zero-order valence-electron chi connectivity index (χ0n) is 21.0. The fourth-order valence-corrected chi connectivity index (χ4v) is 4.36. The van der Waals surface area contributed by atoms with Gasteiger partial charge in [0.1, 0.15) is 12.4 Å². The van der Waals surface area contributed by atoms with Crippen molar-refractivity contribution in [3.05, 3.63) is 59.7 Å². The molecule has 0 radical (unpaired) electrons. The Kier molecular flexibility index (Phi) is 14.6. The van der Waals surface area contributed by atoms with Crippen molar-refractivity contribution >= 4 is 18.0 Å². The van der Waals surface area contributed by atoms with E-state index in [1.807, 2.05) is 30.5 Å². The number of hydrogen-bond donors (Lipinski definition) is 0. The second-order valence-electron chi connectivity index (χ2n) is 8.97. The molecule has 0 aliphatic heterocycles. The quantitative estimate of drug-likeness (QED) is 0.114. The van der Waals surface area contributed by atoms with Gasteiger partial charge in [0, 0.05) is 17.7 Å². The molecule has 0 aliphatic rings. The van der Waals surface area contributed by atoms with Gasteiger partial charge in [-0.05, 0) is 65.7 Å². The topological polar surface area (TPSA) is 21.6 Å². The van der Waals surface area contributed by atoms with Gasteiger partial charge < -0.3 is 4.74 Å². The monoisotopic (exact) mass is 507 g/mol. The van der Waals surface area contributed by atoms with Gasteiger partial charge in [-0.1, -0.05) is 89.7 Å². The highest BCUT2D eigenvalue weighted by Gasteiger charge is 2.28. The first-order chi connectivity index (χ1) is 17.0. The molecule has 2 aromatic rings. The van der Waals surface area contributed by atoms with E-state index in [2.05, 4.69) is 11.9 Å². The van der Waals surface area contributed by atoms with Crippen LogP contribution in [0.1, 0.15) is 95.1 Å². The smallest absolute Gasteiger partial charge is 0.446 e. The van der Waals surface area contributed by atoms with E-state index in [0.717, 1.165) is 29.8 Å². The summed E-state index contributed by atoms with van der Waals surface area (Å²) in [6.07, 6.45) is 18.0. The van der Waals surface area contributed by atoms with Crippen LogP contribution in [0.25, 0.3) is 0 Å². The Balaban J connectivity index is 1.52. The summed E-state index contributed by atoms with van der Waals surface area (Å²) in [5.74, 6) is 0.719. The summed E-state index contributed by atoms with van der Waals surface area (Å²) in [5.41, 5.74) is -2.41. The molecule has 0 amide bonds. The summed E-state index contributed by atoms with van der Waals surface area (Å²) in [6.45, 7) is 3.43. The Bertz CT molecular complexity index is 819. The van der Waals surface area contributed by atoms with Crippen molar-refractivity contribution < 1.29 is 17.9 Å². The number of thioether (sulfide) groups is 1. The lowest BCUT2D eigenvalue weighted by molar-refractivity contribution is -0.0328. The van der Waals surface area contributed by atoms with Crippen LogP contribution in [0, 0.1) is 0 Å². The molecular weight excluding hydrogens is 467 g/mol. The number of ether oxygens (including phenoxy) is 1. The first-order valence-electron chi connectivity index (χ1n) is 13.0. The zero-order chi connectivity index (χ0) is 25.2. The van der Waals surface area contributed by atoms with Gasteiger partial charge in [0.05, 0.1) is 0 Å². The second kappa shape index (κ2) is 17.5. The zero-order valence-corrected chi connectivity index (χ0v) is 21.8. The third kappa shape index (κ3) is 14.9. The van der Waals surface area contributed by atoms with E-state index in [1.165, 1.54) is 82.8 Å². The van der Waals surface area contributed by atoms with E-state index in [0.29, 0.717) is 6.61 Å². The van der Waals surface area contributed by atoms with E-state index >= 15 is 0 Å². The lowest BCUT2D eigenvalue weighted by atomic mass is 10.1. The molecule has 0 bridgehead atoms. The number of rotatable bonds is 18. The van der Waals surface area contributed by atoms with Gasteiger partial charge in [0.2, 0.25) is 0 Å². The van der Waals surface area contributed by atoms with E-state index in [9.17, 15) is 13.2 Å². The molecule has 2 rings (SSSR count). The SMILES string of the molecule is CCCCCCCCCCCCCCN=Cc1ccc(OCc2ccc(SC(F)(F)F)cc2)cc1. The Morgan fingerprint density at radius 1 is 0.743 bits per heavy atom. The highest BCUT2D eigenvalue weighted by Crippen LogP contribution is 2.36. The highest BCUT2D eigenvalue weighted by atomic mass is 32.2. The fraction of sp³-hybridized carbons (Fsp3) is 0.552. The average molecular weight is 508 g/mol. The maximum atomic E-state index is 12.4. The largest absolute Gasteiger partial charge is 0.489 e. The minimum atomic E-state index is -4.27. The van der Waals surface area contributed by atoms with Crippen molar-refractivity contribution in [1.29, 1.82) is 0 Å². The second-order valence-corrected chi connectivity index (χ2v) is 10.1. The van der Waals surface area contributed by atoms with Crippen LogP contribution in [-0.2, 0) is 6.61 Å². The summed E-state index contributed by atoms with van der Waals surface area (Å²) in [6, 6.07) is 13.9. The van der Waals surface area contributed by atoms with Crippen LogP contribution in [0.5, 0.6) is 5.75 Å². The number of alkyl halides is 3. The third-order valence-corrected chi connectivity index (χ3v) is 6.56. The maximum absolute atomic E-state index is 12.4. The molecule has 0 saturated heterocycles. The summed E-state index contributed by atoms with van der Waals surface area (Å²) < 4.78 is 42.9. The summed E-state index contributed by atoms with van der Waals surface area (Å²) in [4.78, 5) is 4.71. The van der Waals surface area contributed by atoms with Gasteiger partial charge in [-0.3, -0.25) is 4.99 Å². The minimum Gasteiger partial charge on any atom is -0.489 e. The molecule has 0 aliphatic carbocycles. The number of aliphatic imine (C=N–C) groups is 1. The van der Waals surface area contributed by atoms with Gasteiger partial charge in [-0.2, -0.15) is 13.2 Å². The number of unbranched alkanes of at least 4 members (excludes halogenated alkanes) is 11. The van der Waals surface area contributed by atoms with Crippen LogP contribution in [0.2, 0.25) is 0 Å². The fourth-order valence-electron chi connectivity index (χ4n) is 3.82. The van der Waals surface area contributed by atoms with Crippen molar-refractivity contribution in [1.82, 2.24) is 0 Å². The van der Waals surface area contributed by atoms with Gasteiger partial charge in [-0.25, -0.2) is 0 Å². The lowest BCUT2D eigenvalue weighted by Crippen LogP contribution is -1.99. The molecule has 6 heteroatoms. The van der Waals surface area contributed by atoms with Crippen LogP contribution in [0.4, 0.5) is 13.2 Å². The molecule has 0 aromatic heterocycles. The van der Waals surface area contributed by atoms with Crippen LogP contribution in [-0.4, -0.2) is 18.3 Å². The number of hydrogen-bond acceptors (Lipinski definition) is 3. The lowest BCUT2D eigenvalue weighted by Gasteiger charge is -2.08. The van der Waals surface area contributed by atoms with Crippen LogP contribution >= 0.6 is 11.8 Å². The molecule has 2 nitrogen and oxygen atoms in total. The Morgan fingerprint density at radius 2 is 1.29 bits per heavy atom. The highest BCUT2D eigenvalue weighted by molar-refractivity contribution is 8.00. The Morgan fingerprint density at radius 3 is 1.83 bits per heavy atom. The maximum Gasteiger partial charge on any atom is 0.446 e. The first kappa shape index (κ1) is 29.3. The summed E-state index contributed by atoms with van der Waals surface area (Å²) in [5, 5.41) is 0. The van der Waals surface area contributed by atoms with Gasteiger partial charge in [0.25, 0.3) is 0 Å². The van der Waals surface area contributed by atoms with E-state index in [-0.39, 0.29) is 16.7 Å². The van der Waals surface area contributed by atoms with Crippen molar-refractivity contribution in [3.63, 3.8) is 0 Å². The van der Waals surface area contributed by atoms with Crippen molar-refractivity contribution in [2.24, 2.45) is 4.99 Å². The van der Waals surface area contributed by atoms with E-state index in [1.54, 1.807) is 12.1 Å². The molecule has 0 unspecified atom stereocenters.